The van der Waals surface area contributed by atoms with Crippen LogP contribution in [0, 0.1) is 0 Å². The lowest BCUT2D eigenvalue weighted by molar-refractivity contribution is 0.0525. The Morgan fingerprint density at radius 2 is 1.62 bits per heavy atom. The molecule has 178 valence electrons. The molecule has 2 aromatic carbocycles. The molecule has 0 atom stereocenters. The molecule has 0 aliphatic heterocycles. The highest BCUT2D eigenvalue weighted by Gasteiger charge is 2.28. The molecule has 0 bridgehead atoms. The molecule has 0 spiro atoms. The van der Waals surface area contributed by atoms with Crippen molar-refractivity contribution in [3.8, 4) is 11.3 Å². The second-order valence-electron chi connectivity index (χ2n) is 7.69. The number of nitrogens with zero attached hydrogens (tertiary/aromatic N) is 1. The van der Waals surface area contributed by atoms with Crippen molar-refractivity contribution in [2.45, 2.75) is 40.0 Å². The lowest BCUT2D eigenvalue weighted by Gasteiger charge is -2.20. The van der Waals surface area contributed by atoms with Gasteiger partial charge in [0.25, 0.3) is 0 Å². The van der Waals surface area contributed by atoms with Crippen molar-refractivity contribution in [3.63, 3.8) is 0 Å². The van der Waals surface area contributed by atoms with Crippen LogP contribution in [0.1, 0.15) is 59.2 Å². The van der Waals surface area contributed by atoms with Gasteiger partial charge in [-0.25, -0.2) is 4.79 Å². The summed E-state index contributed by atoms with van der Waals surface area (Å²) in [5.41, 5.74) is 4.90. The first kappa shape index (κ1) is 25.5. The second-order valence-corrected chi connectivity index (χ2v) is 8.93. The van der Waals surface area contributed by atoms with Crippen LogP contribution in [0.5, 0.6) is 0 Å². The summed E-state index contributed by atoms with van der Waals surface area (Å²) in [6, 6.07) is 19.7. The van der Waals surface area contributed by atoms with Crippen LogP contribution in [0.4, 0.5) is 5.69 Å². The molecule has 0 aliphatic carbocycles. The van der Waals surface area contributed by atoms with E-state index in [1.54, 1.807) is 6.92 Å². The number of hydrogen-bond acceptors (Lipinski definition) is 6. The first-order valence-electron chi connectivity index (χ1n) is 11.8. The van der Waals surface area contributed by atoms with Crippen LogP contribution < -0.4 is 5.32 Å². The summed E-state index contributed by atoms with van der Waals surface area (Å²) in [5, 5.41) is 3.38. The van der Waals surface area contributed by atoms with Gasteiger partial charge in [-0.05, 0) is 49.6 Å². The number of thioether (sulfide) groups is 1. The number of aryl methyl sites for hydroxylation is 1. The maximum atomic E-state index is 13.3. The predicted octanol–water partition coefficient (Wildman–Crippen LogP) is 6.43. The second kappa shape index (κ2) is 12.9. The molecule has 5 nitrogen and oxygen atoms in total. The van der Waals surface area contributed by atoms with E-state index in [1.807, 2.05) is 74.5 Å². The van der Waals surface area contributed by atoms with Gasteiger partial charge >= 0.3 is 5.97 Å². The van der Waals surface area contributed by atoms with Crippen molar-refractivity contribution in [1.82, 2.24) is 4.98 Å². The lowest BCUT2D eigenvalue weighted by atomic mass is 9.91. The Balaban J connectivity index is 2.09. The zero-order valence-electron chi connectivity index (χ0n) is 20.1. The fourth-order valence-electron chi connectivity index (χ4n) is 3.92. The standard InChI is InChI=1S/C28H32N2O3S/c1-4-23-24(28(32)34-6-3)22(18-13-19-29-21-16-11-8-12-17-21)25(27(31)33-5-2)26(30-23)20-14-9-7-10-15-20/h7-12,14-17,29H,4-6,13,18-19H2,1-3H3. The van der Waals surface area contributed by atoms with Gasteiger partial charge in [0, 0.05) is 17.8 Å². The third-order valence-electron chi connectivity index (χ3n) is 5.42. The minimum Gasteiger partial charge on any atom is -0.462 e. The maximum absolute atomic E-state index is 13.3. The fourth-order valence-corrected chi connectivity index (χ4v) is 4.57. The average molecular weight is 477 g/mol. The van der Waals surface area contributed by atoms with Gasteiger partial charge in [-0.1, -0.05) is 74.1 Å². The number of para-hydroxylation sites is 1. The Labute approximate surface area is 206 Å². The Morgan fingerprint density at radius 1 is 0.941 bits per heavy atom. The molecule has 0 unspecified atom stereocenters. The van der Waals surface area contributed by atoms with Crippen molar-refractivity contribution >= 4 is 28.5 Å². The number of rotatable bonds is 11. The van der Waals surface area contributed by atoms with Crippen molar-refractivity contribution in [2.24, 2.45) is 0 Å². The molecule has 1 aromatic heterocycles. The predicted molar refractivity (Wildman–Crippen MR) is 141 cm³/mol. The minimum absolute atomic E-state index is 0.0389. The number of hydrogen-bond donors (Lipinski definition) is 1. The highest BCUT2D eigenvalue weighted by atomic mass is 32.2. The number of aromatic nitrogens is 1. The highest BCUT2D eigenvalue weighted by molar-refractivity contribution is 8.14. The van der Waals surface area contributed by atoms with Crippen molar-refractivity contribution in [2.75, 3.05) is 24.2 Å². The van der Waals surface area contributed by atoms with E-state index in [-0.39, 0.29) is 11.7 Å². The normalized spacial score (nSPS) is 10.7. The number of carbonyl (C=O) groups is 2. The van der Waals surface area contributed by atoms with Gasteiger partial charge < -0.3 is 10.1 Å². The summed E-state index contributed by atoms with van der Waals surface area (Å²) in [6.45, 7) is 6.71. The number of pyridine rings is 1. The molecule has 0 fully saturated rings. The van der Waals surface area contributed by atoms with Gasteiger partial charge in [0.1, 0.15) is 0 Å². The smallest absolute Gasteiger partial charge is 0.340 e. The molecular weight excluding hydrogens is 444 g/mol. The maximum Gasteiger partial charge on any atom is 0.340 e. The number of nitrogens with one attached hydrogen (secondary N) is 1. The molecule has 1 N–H and O–H groups in total. The third-order valence-corrected chi connectivity index (χ3v) is 6.18. The van der Waals surface area contributed by atoms with E-state index in [9.17, 15) is 9.59 Å². The van der Waals surface area contributed by atoms with Crippen LogP contribution >= 0.6 is 11.8 Å². The quantitative estimate of drug-likeness (QED) is 0.254. The molecule has 3 aromatic rings. The van der Waals surface area contributed by atoms with Gasteiger partial charge in [-0.15, -0.1) is 0 Å². The Kier molecular flexibility index (Phi) is 9.71. The van der Waals surface area contributed by atoms with E-state index in [1.165, 1.54) is 11.8 Å². The molecule has 6 heteroatoms. The first-order chi connectivity index (χ1) is 16.6. The summed E-state index contributed by atoms with van der Waals surface area (Å²) in [4.78, 5) is 31.3. The molecule has 3 rings (SSSR count). The zero-order valence-corrected chi connectivity index (χ0v) is 20.9. The molecule has 0 amide bonds. The van der Waals surface area contributed by atoms with Crippen LogP contribution in [-0.2, 0) is 17.6 Å². The molecule has 0 aliphatic rings. The minimum atomic E-state index is -0.432. The Bertz CT molecular complexity index is 1100. The summed E-state index contributed by atoms with van der Waals surface area (Å²) >= 11 is 1.25. The van der Waals surface area contributed by atoms with E-state index >= 15 is 0 Å². The van der Waals surface area contributed by atoms with Gasteiger partial charge in [-0.2, -0.15) is 0 Å². The van der Waals surface area contributed by atoms with Crippen LogP contribution in [0.15, 0.2) is 60.7 Å². The van der Waals surface area contributed by atoms with Gasteiger partial charge in [-0.3, -0.25) is 9.78 Å². The number of benzene rings is 2. The summed E-state index contributed by atoms with van der Waals surface area (Å²) < 4.78 is 5.46. The zero-order chi connectivity index (χ0) is 24.3. The average Bonchev–Trinajstić information content (AvgIpc) is 2.87. The monoisotopic (exact) mass is 476 g/mol. The van der Waals surface area contributed by atoms with Crippen LogP contribution in [0.3, 0.4) is 0 Å². The highest BCUT2D eigenvalue weighted by Crippen LogP contribution is 2.32. The van der Waals surface area contributed by atoms with Crippen LogP contribution in [0.2, 0.25) is 0 Å². The van der Waals surface area contributed by atoms with E-state index in [2.05, 4.69) is 5.32 Å². The summed E-state index contributed by atoms with van der Waals surface area (Å²) in [6.07, 6.45) is 1.91. The van der Waals surface area contributed by atoms with Crippen molar-refractivity contribution < 1.29 is 14.3 Å². The van der Waals surface area contributed by atoms with Gasteiger partial charge in [0.05, 0.1) is 29.1 Å². The fraction of sp³-hybridized carbons (Fsp3) is 0.321. The molecule has 1 heterocycles. The summed E-state index contributed by atoms with van der Waals surface area (Å²) in [7, 11) is 0. The van der Waals surface area contributed by atoms with E-state index in [0.717, 1.165) is 28.9 Å². The van der Waals surface area contributed by atoms with Gasteiger partial charge in [0.2, 0.25) is 5.12 Å². The van der Waals surface area contributed by atoms with E-state index in [0.29, 0.717) is 42.0 Å². The number of esters is 1. The van der Waals surface area contributed by atoms with E-state index < -0.39 is 5.97 Å². The molecular formula is C28H32N2O3S. The van der Waals surface area contributed by atoms with Crippen LogP contribution in [0.25, 0.3) is 11.3 Å². The van der Waals surface area contributed by atoms with Gasteiger partial charge in [0.15, 0.2) is 0 Å². The number of ether oxygens (including phenoxy) is 1. The summed E-state index contributed by atoms with van der Waals surface area (Å²) in [5.74, 6) is 0.227. The molecule has 0 saturated heterocycles. The molecule has 34 heavy (non-hydrogen) atoms. The number of anilines is 1. The van der Waals surface area contributed by atoms with E-state index in [4.69, 9.17) is 9.72 Å². The first-order valence-corrected chi connectivity index (χ1v) is 12.8. The number of carbonyl (C=O) groups excluding carboxylic acids is 2. The van der Waals surface area contributed by atoms with Crippen LogP contribution in [-0.4, -0.2) is 35.0 Å². The molecule has 0 radical (unpaired) electrons. The lowest BCUT2D eigenvalue weighted by Crippen LogP contribution is -2.19. The van der Waals surface area contributed by atoms with Crippen molar-refractivity contribution in [3.05, 3.63) is 83.0 Å². The third kappa shape index (κ3) is 6.26. The topological polar surface area (TPSA) is 68.3 Å². The Hall–Kier alpha value is -3.12. The largest absolute Gasteiger partial charge is 0.462 e. The van der Waals surface area contributed by atoms with Crippen molar-refractivity contribution in [1.29, 1.82) is 0 Å². The Morgan fingerprint density at radius 3 is 2.24 bits per heavy atom. The molecule has 0 saturated carbocycles. The SMILES string of the molecule is CCOC(=O)c1c(-c2ccccc2)nc(CC)c(C(=O)SCC)c1CCCNc1ccccc1.